The summed E-state index contributed by atoms with van der Waals surface area (Å²) < 4.78 is 11.9. The first kappa shape index (κ1) is 10.8. The Bertz CT molecular complexity index is 323. The first-order chi connectivity index (χ1) is 7.36. The molecule has 0 aliphatic carbocycles. The fraction of sp³-hybridized carbons (Fsp3) is 0.545. The predicted octanol–water partition coefficient (Wildman–Crippen LogP) is 1.33. The summed E-state index contributed by atoms with van der Waals surface area (Å²) in [6.07, 6.45) is 5.32. The molecule has 2 rings (SSSR count). The summed E-state index contributed by atoms with van der Waals surface area (Å²) in [5.41, 5.74) is 0. The van der Waals surface area contributed by atoms with Crippen molar-refractivity contribution in [3.8, 4) is 0 Å². The maximum Gasteiger partial charge on any atom is 0.127 e. The molecule has 1 aliphatic rings. The topological polar surface area (TPSA) is 42.0 Å². The Morgan fingerprint density at radius 2 is 2.40 bits per heavy atom. The molecule has 0 bridgehead atoms. The molecule has 15 heavy (non-hydrogen) atoms. The third kappa shape index (κ3) is 3.11. The highest BCUT2D eigenvalue weighted by Gasteiger charge is 2.16. The second kappa shape index (κ2) is 5.37. The average molecular weight is 224 g/mol. The van der Waals surface area contributed by atoms with Crippen molar-refractivity contribution in [1.82, 2.24) is 10.3 Å². The van der Waals surface area contributed by atoms with Crippen molar-refractivity contribution in [3.05, 3.63) is 24.4 Å². The van der Waals surface area contributed by atoms with E-state index >= 15 is 0 Å². The standard InChI is InChI=1S/C11H16N2OS/c14-15(11-6-2-4-8-13-11)9-10-5-1-3-7-12-10/h2,4,6,8,10,12H,1,3,5,7,9H2. The maximum atomic E-state index is 11.9. The fourth-order valence-corrected chi connectivity index (χ4v) is 3.05. The summed E-state index contributed by atoms with van der Waals surface area (Å²) in [6, 6.07) is 5.97. The minimum absolute atomic E-state index is 0.404. The fourth-order valence-electron chi connectivity index (χ4n) is 1.82. The molecule has 0 amide bonds. The molecule has 0 spiro atoms. The maximum absolute atomic E-state index is 11.9. The van der Waals surface area contributed by atoms with Gasteiger partial charge in [-0.3, -0.25) is 4.21 Å². The van der Waals surface area contributed by atoms with Crippen LogP contribution in [0.5, 0.6) is 0 Å². The van der Waals surface area contributed by atoms with Crippen LogP contribution in [0.1, 0.15) is 19.3 Å². The van der Waals surface area contributed by atoms with Crippen LogP contribution in [-0.4, -0.2) is 27.5 Å². The van der Waals surface area contributed by atoms with E-state index in [1.165, 1.54) is 12.8 Å². The van der Waals surface area contributed by atoms with Crippen molar-refractivity contribution in [2.24, 2.45) is 0 Å². The van der Waals surface area contributed by atoms with Gasteiger partial charge in [-0.2, -0.15) is 0 Å². The third-order valence-corrected chi connectivity index (χ3v) is 4.05. The number of aromatic nitrogens is 1. The van der Waals surface area contributed by atoms with E-state index in [0.717, 1.165) is 13.0 Å². The molecule has 0 aromatic carbocycles. The van der Waals surface area contributed by atoms with E-state index in [1.807, 2.05) is 18.2 Å². The van der Waals surface area contributed by atoms with Gasteiger partial charge in [0, 0.05) is 18.0 Å². The molecule has 82 valence electrons. The second-order valence-electron chi connectivity index (χ2n) is 3.83. The quantitative estimate of drug-likeness (QED) is 0.842. The number of nitrogens with one attached hydrogen (secondary N) is 1. The van der Waals surface area contributed by atoms with Gasteiger partial charge in [-0.05, 0) is 31.5 Å². The van der Waals surface area contributed by atoms with E-state index in [0.29, 0.717) is 16.8 Å². The SMILES string of the molecule is O=S(CC1CCCCN1)c1ccccn1. The first-order valence-electron chi connectivity index (χ1n) is 5.39. The molecule has 2 atom stereocenters. The van der Waals surface area contributed by atoms with Gasteiger partial charge < -0.3 is 5.32 Å². The minimum Gasteiger partial charge on any atom is -0.313 e. The number of hydrogen-bond donors (Lipinski definition) is 1. The van der Waals surface area contributed by atoms with Crippen molar-refractivity contribution in [2.45, 2.75) is 30.3 Å². The predicted molar refractivity (Wildman–Crippen MR) is 61.2 cm³/mol. The number of hydrogen-bond acceptors (Lipinski definition) is 3. The summed E-state index contributed by atoms with van der Waals surface area (Å²) in [5.74, 6) is 0.691. The van der Waals surface area contributed by atoms with Crippen LogP contribution in [-0.2, 0) is 10.8 Å². The van der Waals surface area contributed by atoms with Crippen LogP contribution in [0.25, 0.3) is 0 Å². The summed E-state index contributed by atoms with van der Waals surface area (Å²) in [4.78, 5) is 4.12. The van der Waals surface area contributed by atoms with Gasteiger partial charge in [-0.1, -0.05) is 12.5 Å². The monoisotopic (exact) mass is 224 g/mol. The highest BCUT2D eigenvalue weighted by Crippen LogP contribution is 2.10. The van der Waals surface area contributed by atoms with Crippen molar-refractivity contribution >= 4 is 10.8 Å². The summed E-state index contributed by atoms with van der Waals surface area (Å²) in [7, 11) is -0.955. The highest BCUT2D eigenvalue weighted by atomic mass is 32.2. The van der Waals surface area contributed by atoms with Crippen molar-refractivity contribution in [1.29, 1.82) is 0 Å². The normalized spacial score (nSPS) is 23.6. The van der Waals surface area contributed by atoms with Gasteiger partial charge >= 0.3 is 0 Å². The lowest BCUT2D eigenvalue weighted by molar-refractivity contribution is 0.427. The molecule has 0 radical (unpaired) electrons. The van der Waals surface area contributed by atoms with Gasteiger partial charge in [0.15, 0.2) is 0 Å². The van der Waals surface area contributed by atoms with E-state index in [9.17, 15) is 4.21 Å². The molecular formula is C11H16N2OS. The second-order valence-corrected chi connectivity index (χ2v) is 5.27. The van der Waals surface area contributed by atoms with Gasteiger partial charge in [-0.15, -0.1) is 0 Å². The lowest BCUT2D eigenvalue weighted by Gasteiger charge is -2.22. The van der Waals surface area contributed by atoms with Crippen LogP contribution in [0.3, 0.4) is 0 Å². The molecule has 1 aliphatic heterocycles. The zero-order valence-electron chi connectivity index (χ0n) is 8.69. The Morgan fingerprint density at radius 1 is 1.47 bits per heavy atom. The van der Waals surface area contributed by atoms with Crippen LogP contribution < -0.4 is 5.32 Å². The largest absolute Gasteiger partial charge is 0.313 e. The molecule has 1 N–H and O–H groups in total. The van der Waals surface area contributed by atoms with Gasteiger partial charge in [0.1, 0.15) is 5.03 Å². The van der Waals surface area contributed by atoms with Crippen molar-refractivity contribution in [3.63, 3.8) is 0 Å². The van der Waals surface area contributed by atoms with E-state index < -0.39 is 10.8 Å². The van der Waals surface area contributed by atoms with Crippen LogP contribution in [0, 0.1) is 0 Å². The minimum atomic E-state index is -0.955. The average Bonchev–Trinajstić information content (AvgIpc) is 2.31. The summed E-state index contributed by atoms with van der Waals surface area (Å²) in [6.45, 7) is 1.06. The van der Waals surface area contributed by atoms with E-state index in [1.54, 1.807) is 6.20 Å². The molecule has 1 aromatic heterocycles. The number of pyridine rings is 1. The molecule has 3 nitrogen and oxygen atoms in total. The lowest BCUT2D eigenvalue weighted by Crippen LogP contribution is -2.38. The van der Waals surface area contributed by atoms with Crippen LogP contribution in [0.4, 0.5) is 0 Å². The van der Waals surface area contributed by atoms with Crippen molar-refractivity contribution < 1.29 is 4.21 Å². The van der Waals surface area contributed by atoms with Gasteiger partial charge in [-0.25, -0.2) is 4.98 Å². The third-order valence-electron chi connectivity index (χ3n) is 2.64. The Hall–Kier alpha value is -0.740. The molecule has 2 heterocycles. The zero-order chi connectivity index (χ0) is 10.5. The number of rotatable bonds is 3. The van der Waals surface area contributed by atoms with Gasteiger partial charge in [0.05, 0.1) is 10.8 Å². The van der Waals surface area contributed by atoms with Gasteiger partial charge in [0.25, 0.3) is 0 Å². The summed E-state index contributed by atoms with van der Waals surface area (Å²) in [5, 5.41) is 4.10. The van der Waals surface area contributed by atoms with E-state index in [4.69, 9.17) is 0 Å². The molecule has 1 saturated heterocycles. The Labute approximate surface area is 92.8 Å². The number of nitrogens with zero attached hydrogens (tertiary/aromatic N) is 1. The lowest BCUT2D eigenvalue weighted by atomic mass is 10.1. The van der Waals surface area contributed by atoms with E-state index in [-0.39, 0.29) is 0 Å². The number of piperidine rings is 1. The smallest absolute Gasteiger partial charge is 0.127 e. The highest BCUT2D eigenvalue weighted by molar-refractivity contribution is 7.85. The Morgan fingerprint density at radius 3 is 3.07 bits per heavy atom. The molecule has 4 heteroatoms. The zero-order valence-corrected chi connectivity index (χ0v) is 9.50. The molecule has 1 fully saturated rings. The molecule has 2 unspecified atom stereocenters. The molecule has 1 aromatic rings. The van der Waals surface area contributed by atoms with Crippen LogP contribution in [0.15, 0.2) is 29.4 Å². The van der Waals surface area contributed by atoms with Crippen LogP contribution in [0.2, 0.25) is 0 Å². The molecular weight excluding hydrogens is 208 g/mol. The first-order valence-corrected chi connectivity index (χ1v) is 6.71. The Kier molecular flexibility index (Phi) is 3.86. The summed E-state index contributed by atoms with van der Waals surface area (Å²) >= 11 is 0. The van der Waals surface area contributed by atoms with Crippen LogP contribution >= 0.6 is 0 Å². The van der Waals surface area contributed by atoms with E-state index in [2.05, 4.69) is 10.3 Å². The molecule has 0 saturated carbocycles. The van der Waals surface area contributed by atoms with Gasteiger partial charge in [0.2, 0.25) is 0 Å². The Balaban J connectivity index is 1.91. The van der Waals surface area contributed by atoms with Crippen molar-refractivity contribution in [2.75, 3.05) is 12.3 Å².